The van der Waals surface area contributed by atoms with Crippen molar-refractivity contribution in [2.24, 2.45) is 0 Å². The zero-order chi connectivity index (χ0) is 29.3. The van der Waals surface area contributed by atoms with Gasteiger partial charge in [0, 0.05) is 61.6 Å². The van der Waals surface area contributed by atoms with E-state index in [9.17, 15) is 4.79 Å². The van der Waals surface area contributed by atoms with Crippen LogP contribution in [-0.4, -0.2) is 72.2 Å². The maximum absolute atomic E-state index is 13.4. The highest BCUT2D eigenvalue weighted by atomic mass is 32.1. The van der Waals surface area contributed by atoms with E-state index in [2.05, 4.69) is 44.1 Å². The van der Waals surface area contributed by atoms with Crippen LogP contribution < -0.4 is 4.74 Å². The predicted octanol–water partition coefficient (Wildman–Crippen LogP) is 5.33. The smallest absolute Gasteiger partial charge is 0.410 e. The van der Waals surface area contributed by atoms with Gasteiger partial charge in [-0.2, -0.15) is 0 Å². The van der Waals surface area contributed by atoms with E-state index in [0.717, 1.165) is 47.1 Å². The standard InChI is InChI=1S/C31H37N7O3S/c1-21-17-25(35-29(34-21)38-12-9-32-20-38)27-24(28-33-10-16-42-28)7-11-36(27)13-14-37(30(39)41-31(2,3)4)19-22-5-6-23-8-15-40-26(23)18-22/h5-6,9-10,12,16-18,20,24,27H,7-8,11,13-15,19H2,1-4H3. The number of carbonyl (C=O) groups excluding carboxylic acids is 1. The van der Waals surface area contributed by atoms with Crippen molar-refractivity contribution in [3.8, 4) is 11.7 Å². The summed E-state index contributed by atoms with van der Waals surface area (Å²) >= 11 is 1.68. The quantitative estimate of drug-likeness (QED) is 0.273. The second-order valence-corrected chi connectivity index (χ2v) is 12.8. The van der Waals surface area contributed by atoms with Gasteiger partial charge in [-0.3, -0.25) is 9.47 Å². The zero-order valence-corrected chi connectivity index (χ0v) is 25.4. The average molecular weight is 588 g/mol. The van der Waals surface area contributed by atoms with Crippen molar-refractivity contribution in [2.45, 2.75) is 64.6 Å². The van der Waals surface area contributed by atoms with Gasteiger partial charge in [0.1, 0.15) is 17.7 Å². The number of benzene rings is 1. The number of imidazole rings is 1. The number of hydrogen-bond acceptors (Lipinski definition) is 9. The summed E-state index contributed by atoms with van der Waals surface area (Å²) in [6.45, 7) is 10.9. The van der Waals surface area contributed by atoms with Crippen LogP contribution in [0.1, 0.15) is 66.7 Å². The largest absolute Gasteiger partial charge is 0.493 e. The first-order valence-corrected chi connectivity index (χ1v) is 15.3. The summed E-state index contributed by atoms with van der Waals surface area (Å²) in [7, 11) is 0. The van der Waals surface area contributed by atoms with Crippen molar-refractivity contribution in [3.05, 3.63) is 82.1 Å². The van der Waals surface area contributed by atoms with E-state index in [0.29, 0.717) is 32.2 Å². The van der Waals surface area contributed by atoms with Crippen LogP contribution >= 0.6 is 11.3 Å². The summed E-state index contributed by atoms with van der Waals surface area (Å²) in [6.07, 6.45) is 8.72. The molecule has 1 saturated heterocycles. The molecule has 1 fully saturated rings. The number of likely N-dealkylation sites (tertiary alicyclic amines) is 1. The number of amides is 1. The molecule has 2 atom stereocenters. The first-order chi connectivity index (χ1) is 20.2. The SMILES string of the molecule is Cc1cc(C2C(c3nccs3)CCN2CCN(Cc2ccc3c(c2)OCC3)C(=O)OC(C)(C)C)nc(-n2ccnc2)n1. The maximum atomic E-state index is 13.4. The van der Waals surface area contributed by atoms with Crippen LogP contribution in [0.25, 0.3) is 5.95 Å². The number of ether oxygens (including phenoxy) is 2. The molecule has 0 bridgehead atoms. The van der Waals surface area contributed by atoms with E-state index in [1.807, 2.05) is 50.0 Å². The van der Waals surface area contributed by atoms with Gasteiger partial charge in [0.05, 0.1) is 23.4 Å². The molecule has 1 amide bonds. The highest BCUT2D eigenvalue weighted by Crippen LogP contribution is 2.44. The minimum Gasteiger partial charge on any atom is -0.493 e. The summed E-state index contributed by atoms with van der Waals surface area (Å²) in [4.78, 5) is 36.2. The molecule has 3 aromatic heterocycles. The lowest BCUT2D eigenvalue weighted by Crippen LogP contribution is -2.41. The van der Waals surface area contributed by atoms with Gasteiger partial charge < -0.3 is 14.4 Å². The van der Waals surface area contributed by atoms with E-state index < -0.39 is 5.60 Å². The molecule has 2 aliphatic heterocycles. The topological polar surface area (TPSA) is 98.5 Å². The Morgan fingerprint density at radius 3 is 2.86 bits per heavy atom. The lowest BCUT2D eigenvalue weighted by atomic mass is 9.97. The Balaban J connectivity index is 1.27. The second kappa shape index (κ2) is 11.8. The van der Waals surface area contributed by atoms with Crippen LogP contribution in [-0.2, 0) is 17.7 Å². The van der Waals surface area contributed by atoms with Crippen molar-refractivity contribution in [1.29, 1.82) is 0 Å². The predicted molar refractivity (Wildman–Crippen MR) is 160 cm³/mol. The minimum atomic E-state index is -0.593. The van der Waals surface area contributed by atoms with Gasteiger partial charge in [0.25, 0.3) is 0 Å². The number of thiazole rings is 1. The van der Waals surface area contributed by atoms with Crippen molar-refractivity contribution in [1.82, 2.24) is 34.3 Å². The molecule has 11 heteroatoms. The van der Waals surface area contributed by atoms with Gasteiger partial charge in [-0.1, -0.05) is 12.1 Å². The Bertz CT molecular complexity index is 1520. The minimum absolute atomic E-state index is 0.00555. The molecule has 4 aromatic rings. The number of hydrogen-bond donors (Lipinski definition) is 0. The third-order valence-electron chi connectivity index (χ3n) is 7.61. The monoisotopic (exact) mass is 587 g/mol. The zero-order valence-electron chi connectivity index (χ0n) is 24.6. The molecular weight excluding hydrogens is 550 g/mol. The highest BCUT2D eigenvalue weighted by molar-refractivity contribution is 7.09. The molecule has 42 heavy (non-hydrogen) atoms. The summed E-state index contributed by atoms with van der Waals surface area (Å²) in [5.74, 6) is 1.70. The Hall–Kier alpha value is -3.83. The molecule has 0 saturated carbocycles. The lowest BCUT2D eigenvalue weighted by molar-refractivity contribution is 0.0211. The summed E-state index contributed by atoms with van der Waals surface area (Å²) in [5, 5.41) is 3.13. The van der Waals surface area contributed by atoms with Crippen LogP contribution in [0.3, 0.4) is 0 Å². The Morgan fingerprint density at radius 1 is 1.21 bits per heavy atom. The molecule has 0 spiro atoms. The second-order valence-electron chi connectivity index (χ2n) is 11.9. The van der Waals surface area contributed by atoms with Gasteiger partial charge in [0.2, 0.25) is 5.95 Å². The van der Waals surface area contributed by atoms with Gasteiger partial charge in [-0.05, 0) is 63.9 Å². The molecule has 0 N–H and O–H groups in total. The van der Waals surface area contributed by atoms with Gasteiger partial charge in [0.15, 0.2) is 0 Å². The van der Waals surface area contributed by atoms with E-state index in [-0.39, 0.29) is 18.1 Å². The van der Waals surface area contributed by atoms with Crippen molar-refractivity contribution >= 4 is 17.4 Å². The summed E-state index contributed by atoms with van der Waals surface area (Å²) < 4.78 is 13.5. The Kier molecular flexibility index (Phi) is 7.96. The molecule has 0 radical (unpaired) electrons. The van der Waals surface area contributed by atoms with Crippen LogP contribution in [0.4, 0.5) is 4.79 Å². The van der Waals surface area contributed by atoms with Crippen LogP contribution in [0.5, 0.6) is 5.75 Å². The Morgan fingerprint density at radius 2 is 2.10 bits per heavy atom. The van der Waals surface area contributed by atoms with Gasteiger partial charge in [-0.15, -0.1) is 11.3 Å². The number of fused-ring (bicyclic) bond motifs is 1. The van der Waals surface area contributed by atoms with Crippen molar-refractivity contribution in [3.63, 3.8) is 0 Å². The Labute approximate surface area is 250 Å². The first kappa shape index (κ1) is 28.3. The summed E-state index contributed by atoms with van der Waals surface area (Å²) in [6, 6.07) is 8.31. The fraction of sp³-hybridized carbons (Fsp3) is 0.452. The molecule has 5 heterocycles. The van der Waals surface area contributed by atoms with E-state index >= 15 is 0 Å². The van der Waals surface area contributed by atoms with Crippen LogP contribution in [0.15, 0.2) is 54.6 Å². The summed E-state index contributed by atoms with van der Waals surface area (Å²) in [5.41, 5.74) is 3.48. The third-order valence-corrected chi connectivity index (χ3v) is 8.52. The highest BCUT2D eigenvalue weighted by Gasteiger charge is 2.39. The molecule has 220 valence electrons. The van der Waals surface area contributed by atoms with Crippen LogP contribution in [0.2, 0.25) is 0 Å². The molecule has 1 aromatic carbocycles. The van der Waals surface area contributed by atoms with E-state index in [1.54, 1.807) is 28.8 Å². The fourth-order valence-corrected chi connectivity index (χ4v) is 6.54. The number of nitrogens with zero attached hydrogens (tertiary/aromatic N) is 7. The van der Waals surface area contributed by atoms with E-state index in [4.69, 9.17) is 14.5 Å². The number of aryl methyl sites for hydroxylation is 1. The number of aromatic nitrogens is 5. The molecule has 2 aliphatic rings. The third kappa shape index (κ3) is 6.32. The first-order valence-electron chi connectivity index (χ1n) is 14.4. The molecule has 2 unspecified atom stereocenters. The normalized spacial score (nSPS) is 18.6. The average Bonchev–Trinajstić information content (AvgIpc) is 3.76. The lowest BCUT2D eigenvalue weighted by Gasteiger charge is -2.32. The number of carbonyl (C=O) groups is 1. The molecule has 0 aliphatic carbocycles. The number of rotatable bonds is 8. The molecule has 6 rings (SSSR count). The van der Waals surface area contributed by atoms with Gasteiger partial charge >= 0.3 is 6.09 Å². The molecule has 10 nitrogen and oxygen atoms in total. The van der Waals surface area contributed by atoms with Crippen LogP contribution in [0, 0.1) is 6.92 Å². The maximum Gasteiger partial charge on any atom is 0.410 e. The van der Waals surface area contributed by atoms with Gasteiger partial charge in [-0.25, -0.2) is 24.7 Å². The molecular formula is C31H37N7O3S. The van der Waals surface area contributed by atoms with E-state index in [1.165, 1.54) is 5.56 Å². The van der Waals surface area contributed by atoms with Crippen molar-refractivity contribution in [2.75, 3.05) is 26.2 Å². The fourth-order valence-electron chi connectivity index (χ4n) is 5.74. The van der Waals surface area contributed by atoms with Crippen molar-refractivity contribution < 1.29 is 14.3 Å².